The van der Waals surface area contributed by atoms with Gasteiger partial charge >= 0.3 is 17.9 Å². The lowest BCUT2D eigenvalue weighted by atomic mass is 10.1. The second-order valence-corrected chi connectivity index (χ2v) is 7.38. The fourth-order valence-corrected chi connectivity index (χ4v) is 2.85. The van der Waals surface area contributed by atoms with E-state index in [4.69, 9.17) is 15.3 Å². The Balaban J connectivity index is 0. The van der Waals surface area contributed by atoms with Crippen molar-refractivity contribution in [3.05, 3.63) is 0 Å². The van der Waals surface area contributed by atoms with E-state index in [2.05, 4.69) is 6.92 Å². The number of carboxylic acids is 3. The largest absolute Gasteiger partial charge is 0.481 e. The number of carboxylic acid groups (broad SMARTS) is 3. The van der Waals surface area contributed by atoms with Crippen molar-refractivity contribution in [2.75, 3.05) is 0 Å². The molecule has 0 saturated heterocycles. The second-order valence-electron chi connectivity index (χ2n) is 7.38. The average molecular weight is 403 g/mol. The molecule has 166 valence electrons. The minimum atomic E-state index is -0.726. The average Bonchev–Trinajstić information content (AvgIpc) is 2.62. The number of rotatable bonds is 19. The predicted molar refractivity (Wildman–Crippen MR) is 112 cm³/mol. The Kier molecular flexibility index (Phi) is 24.0. The van der Waals surface area contributed by atoms with Crippen LogP contribution in [0.15, 0.2) is 0 Å². The molecule has 0 aliphatic rings. The number of aliphatic carboxylic acids is 3. The Labute approximate surface area is 170 Å². The van der Waals surface area contributed by atoms with Crippen molar-refractivity contribution < 1.29 is 29.7 Å². The van der Waals surface area contributed by atoms with Gasteiger partial charge in [0.25, 0.3) is 0 Å². The third kappa shape index (κ3) is 32.1. The fourth-order valence-electron chi connectivity index (χ4n) is 2.85. The highest BCUT2D eigenvalue weighted by molar-refractivity contribution is 5.67. The van der Waals surface area contributed by atoms with Gasteiger partial charge in [0.2, 0.25) is 0 Å². The van der Waals surface area contributed by atoms with Crippen molar-refractivity contribution in [2.24, 2.45) is 0 Å². The van der Waals surface area contributed by atoms with Crippen molar-refractivity contribution in [1.82, 2.24) is 0 Å². The van der Waals surface area contributed by atoms with Gasteiger partial charge in [0.15, 0.2) is 0 Å². The van der Waals surface area contributed by atoms with Crippen LogP contribution in [0.1, 0.15) is 122 Å². The lowest BCUT2D eigenvalue weighted by Crippen LogP contribution is -1.94. The molecule has 0 aliphatic heterocycles. The van der Waals surface area contributed by atoms with E-state index in [1.165, 1.54) is 38.5 Å². The standard InChI is InChI=1S/C11H20O4.C11H22O2/c12-10(13)8-6-4-2-1-3-5-7-9-11(14)15;1-2-3-4-5-6-7-8-9-10-11(12)13/h1-9H2,(H,12,13)(H,14,15);2-10H2,1H3,(H,12,13). The summed E-state index contributed by atoms with van der Waals surface area (Å²) in [5.41, 5.74) is 0. The van der Waals surface area contributed by atoms with Crippen molar-refractivity contribution in [3.8, 4) is 0 Å². The molecule has 0 aromatic heterocycles. The lowest BCUT2D eigenvalue weighted by molar-refractivity contribution is -0.138. The molecular formula is C22H42O6. The Bertz CT molecular complexity index is 361. The maximum atomic E-state index is 10.2. The minimum Gasteiger partial charge on any atom is -0.481 e. The summed E-state index contributed by atoms with van der Waals surface area (Å²) in [5, 5.41) is 25.2. The smallest absolute Gasteiger partial charge is 0.303 e. The highest BCUT2D eigenvalue weighted by atomic mass is 16.4. The van der Waals surface area contributed by atoms with Crippen LogP contribution in [0.5, 0.6) is 0 Å². The van der Waals surface area contributed by atoms with Gasteiger partial charge < -0.3 is 15.3 Å². The first-order chi connectivity index (χ1) is 13.4. The molecule has 0 radical (unpaired) electrons. The van der Waals surface area contributed by atoms with Crippen LogP contribution < -0.4 is 0 Å². The van der Waals surface area contributed by atoms with Crippen LogP contribution in [0.2, 0.25) is 0 Å². The van der Waals surface area contributed by atoms with E-state index in [9.17, 15) is 14.4 Å². The van der Waals surface area contributed by atoms with E-state index >= 15 is 0 Å². The highest BCUT2D eigenvalue weighted by Gasteiger charge is 1.98. The van der Waals surface area contributed by atoms with Gasteiger partial charge in [0.1, 0.15) is 0 Å². The van der Waals surface area contributed by atoms with Gasteiger partial charge in [-0.3, -0.25) is 14.4 Å². The van der Waals surface area contributed by atoms with E-state index in [0.29, 0.717) is 6.42 Å². The zero-order valence-corrected chi connectivity index (χ0v) is 17.8. The van der Waals surface area contributed by atoms with Crippen LogP contribution in [-0.2, 0) is 14.4 Å². The molecule has 0 saturated carbocycles. The van der Waals surface area contributed by atoms with E-state index in [-0.39, 0.29) is 12.8 Å². The first-order valence-corrected chi connectivity index (χ1v) is 11.1. The summed E-state index contributed by atoms with van der Waals surface area (Å²) in [7, 11) is 0. The molecule has 0 bridgehead atoms. The lowest BCUT2D eigenvalue weighted by Gasteiger charge is -1.99. The monoisotopic (exact) mass is 402 g/mol. The van der Waals surface area contributed by atoms with Crippen LogP contribution in [0.4, 0.5) is 0 Å². The molecule has 0 aromatic rings. The topological polar surface area (TPSA) is 112 Å². The van der Waals surface area contributed by atoms with E-state index in [0.717, 1.165) is 57.8 Å². The third-order valence-electron chi connectivity index (χ3n) is 4.53. The highest BCUT2D eigenvalue weighted by Crippen LogP contribution is 2.10. The summed E-state index contributed by atoms with van der Waals surface area (Å²) in [6.07, 6.45) is 17.2. The number of hydrogen-bond acceptors (Lipinski definition) is 3. The first-order valence-electron chi connectivity index (χ1n) is 11.1. The molecule has 0 fully saturated rings. The molecule has 0 rings (SSSR count). The normalized spacial score (nSPS) is 10.2. The fraction of sp³-hybridized carbons (Fsp3) is 0.864. The van der Waals surface area contributed by atoms with Crippen LogP contribution >= 0.6 is 0 Å². The number of unbranched alkanes of at least 4 members (excludes halogenated alkanes) is 13. The van der Waals surface area contributed by atoms with Gasteiger partial charge in [-0.15, -0.1) is 0 Å². The van der Waals surface area contributed by atoms with Crippen molar-refractivity contribution >= 4 is 17.9 Å². The molecule has 0 amide bonds. The first kappa shape index (κ1) is 28.6. The molecule has 0 heterocycles. The van der Waals surface area contributed by atoms with Gasteiger partial charge in [0, 0.05) is 19.3 Å². The minimum absolute atomic E-state index is 0.263. The second kappa shape index (κ2) is 23.4. The summed E-state index contributed by atoms with van der Waals surface area (Å²) < 4.78 is 0. The van der Waals surface area contributed by atoms with Crippen LogP contribution in [-0.4, -0.2) is 33.2 Å². The zero-order chi connectivity index (χ0) is 21.5. The summed E-state index contributed by atoms with van der Waals surface area (Å²) in [6.45, 7) is 2.22. The van der Waals surface area contributed by atoms with Crippen LogP contribution in [0.3, 0.4) is 0 Å². The molecule has 0 aliphatic carbocycles. The van der Waals surface area contributed by atoms with E-state index in [1.807, 2.05) is 0 Å². The van der Waals surface area contributed by atoms with Gasteiger partial charge in [0.05, 0.1) is 0 Å². The summed E-state index contributed by atoms with van der Waals surface area (Å²) in [6, 6.07) is 0. The summed E-state index contributed by atoms with van der Waals surface area (Å²) in [4.78, 5) is 30.5. The molecule has 3 N–H and O–H groups in total. The Morgan fingerprint density at radius 2 is 0.643 bits per heavy atom. The quantitative estimate of drug-likeness (QED) is 0.220. The maximum absolute atomic E-state index is 10.2. The van der Waals surface area contributed by atoms with Crippen molar-refractivity contribution in [2.45, 2.75) is 122 Å². The number of hydrogen-bond donors (Lipinski definition) is 3. The number of carbonyl (C=O) groups is 3. The maximum Gasteiger partial charge on any atom is 0.303 e. The molecule has 28 heavy (non-hydrogen) atoms. The molecule has 0 aromatic carbocycles. The zero-order valence-electron chi connectivity index (χ0n) is 17.8. The van der Waals surface area contributed by atoms with E-state index in [1.54, 1.807) is 0 Å². The van der Waals surface area contributed by atoms with Crippen molar-refractivity contribution in [1.29, 1.82) is 0 Å². The SMILES string of the molecule is CCCCCCCCCCC(=O)O.O=C(O)CCCCCCCCCC(=O)O. The Hall–Kier alpha value is -1.59. The van der Waals surface area contributed by atoms with Crippen LogP contribution in [0, 0.1) is 0 Å². The molecule has 0 spiro atoms. The van der Waals surface area contributed by atoms with Gasteiger partial charge in [-0.2, -0.15) is 0 Å². The molecule has 0 atom stereocenters. The van der Waals surface area contributed by atoms with Crippen LogP contribution in [0.25, 0.3) is 0 Å². The van der Waals surface area contributed by atoms with Gasteiger partial charge in [-0.1, -0.05) is 84.0 Å². The molecular weight excluding hydrogens is 360 g/mol. The van der Waals surface area contributed by atoms with Gasteiger partial charge in [-0.25, -0.2) is 0 Å². The van der Waals surface area contributed by atoms with E-state index < -0.39 is 17.9 Å². The molecule has 0 unspecified atom stereocenters. The Morgan fingerprint density at radius 1 is 0.429 bits per heavy atom. The molecule has 6 nitrogen and oxygen atoms in total. The predicted octanol–water partition coefficient (Wildman–Crippen LogP) is 6.27. The summed E-state index contributed by atoms with van der Waals surface area (Å²) in [5.74, 6) is -2.11. The Morgan fingerprint density at radius 3 is 0.857 bits per heavy atom. The summed E-state index contributed by atoms with van der Waals surface area (Å²) >= 11 is 0. The van der Waals surface area contributed by atoms with Gasteiger partial charge in [-0.05, 0) is 19.3 Å². The molecule has 6 heteroatoms. The van der Waals surface area contributed by atoms with Crippen molar-refractivity contribution in [3.63, 3.8) is 0 Å². The third-order valence-corrected chi connectivity index (χ3v) is 4.53.